The van der Waals surface area contributed by atoms with Gasteiger partial charge in [-0.15, -0.1) is 0 Å². The van der Waals surface area contributed by atoms with Gasteiger partial charge in [0.05, 0.1) is 25.7 Å². The molecule has 0 saturated heterocycles. The number of ether oxygens (including phenoxy) is 2. The fourth-order valence-electron chi connectivity index (χ4n) is 10.1. The minimum atomic E-state index is -2.04. The summed E-state index contributed by atoms with van der Waals surface area (Å²) in [7, 11) is 0. The Morgan fingerprint density at radius 3 is 1.33 bits per heavy atom. The maximum atomic E-state index is 10.1. The standard InChI is InChI=1S/C14H22O.C12H20O.C4H8O.2C2H4O2.Hg/c1-2-15-4-3-14-8-11-5-12(9-14)7-13(6-11)10-14;13-2-1-12-6-9-3-10(7-12)5-11(4-9)8-12;1-3-5-4-2;2*1-2(3)4;/h2,11-13H,1,3-10H2;9-11,13H,1-8H2;3H,1,4H2,2H3;2*1H3,(H,3,4);/q;;;;;+2/p-2. The number of aliphatic hydroxyl groups excluding tert-OH is 1. The molecule has 8 bridgehead atoms. The molecule has 1 N–H and O–H groups in total. The van der Waals surface area contributed by atoms with E-state index >= 15 is 0 Å². The SMILES string of the molecule is C=COCC.C=COCCC12CC3CC(CC(C3)C1)C2.CC(=O)[O][Hg][O]C(C)=O.OCCC12CC3CC(CC(C3)C1)C2. The van der Waals surface area contributed by atoms with Crippen molar-refractivity contribution >= 4 is 11.9 Å². The van der Waals surface area contributed by atoms with E-state index in [1.54, 1.807) is 25.5 Å². The van der Waals surface area contributed by atoms with Crippen molar-refractivity contribution < 1.29 is 54.9 Å². The third-order valence-electron chi connectivity index (χ3n) is 10.6. The molecule has 42 heavy (non-hydrogen) atoms. The average molecular weight is 777 g/mol. The maximum absolute atomic E-state index is 10.1. The molecule has 8 heteroatoms. The predicted molar refractivity (Wildman–Crippen MR) is 159 cm³/mol. The van der Waals surface area contributed by atoms with E-state index in [0.29, 0.717) is 17.4 Å². The van der Waals surface area contributed by atoms with Gasteiger partial charge >= 0.3 is 66.2 Å². The molecule has 8 saturated carbocycles. The van der Waals surface area contributed by atoms with Crippen molar-refractivity contribution in [1.82, 2.24) is 0 Å². The van der Waals surface area contributed by atoms with Gasteiger partial charge in [0.2, 0.25) is 0 Å². The average Bonchev–Trinajstić information content (AvgIpc) is 2.88. The second-order valence-corrected chi connectivity index (χ2v) is 17.3. The molecular formula is C34H56HgO7. The molecule has 0 aromatic carbocycles. The van der Waals surface area contributed by atoms with Crippen LogP contribution in [0, 0.1) is 46.3 Å². The molecule has 0 amide bonds. The van der Waals surface area contributed by atoms with Gasteiger partial charge in [0.1, 0.15) is 0 Å². The summed E-state index contributed by atoms with van der Waals surface area (Å²) in [5.74, 6) is 5.60. The van der Waals surface area contributed by atoms with Crippen LogP contribution in [0.15, 0.2) is 25.7 Å². The van der Waals surface area contributed by atoms with Crippen molar-refractivity contribution in [2.75, 3.05) is 19.8 Å². The molecule has 0 spiro atoms. The summed E-state index contributed by atoms with van der Waals surface area (Å²) in [5, 5.41) is 9.13. The molecule has 0 atom stereocenters. The molecular weight excluding hydrogens is 721 g/mol. The van der Waals surface area contributed by atoms with Crippen LogP contribution in [0.1, 0.15) is 111 Å². The largest absolute Gasteiger partial charge is 0.396 e. The van der Waals surface area contributed by atoms with Crippen LogP contribution in [0.25, 0.3) is 0 Å². The van der Waals surface area contributed by atoms with Crippen LogP contribution in [0.2, 0.25) is 0 Å². The molecule has 8 aliphatic rings. The Labute approximate surface area is 268 Å². The number of carbonyl (C=O) groups is 2. The van der Waals surface area contributed by atoms with Crippen LogP contribution in [-0.2, 0) is 49.8 Å². The summed E-state index contributed by atoms with van der Waals surface area (Å²) in [6.07, 6.45) is 23.4. The molecule has 8 rings (SSSR count). The maximum Gasteiger partial charge on any atom is 0.0436 e. The molecule has 0 unspecified atom stereocenters. The fraction of sp³-hybridized carbons (Fsp3) is 0.824. The number of rotatable bonds is 10. The Balaban J connectivity index is 0.000000165. The van der Waals surface area contributed by atoms with Crippen molar-refractivity contribution in [3.63, 3.8) is 0 Å². The van der Waals surface area contributed by atoms with E-state index < -0.39 is 25.5 Å². The molecule has 0 aliphatic heterocycles. The predicted octanol–water partition coefficient (Wildman–Crippen LogP) is 7.53. The van der Waals surface area contributed by atoms with Crippen LogP contribution in [-0.4, -0.2) is 36.9 Å². The number of hydrogen-bond acceptors (Lipinski definition) is 7. The third-order valence-corrected chi connectivity index (χ3v) is 14.7. The molecule has 0 heterocycles. The van der Waals surface area contributed by atoms with Crippen molar-refractivity contribution in [3.8, 4) is 0 Å². The fourth-order valence-corrected chi connectivity index (χ4v) is 11.6. The van der Waals surface area contributed by atoms with E-state index in [4.69, 9.17) is 9.84 Å². The molecule has 8 fully saturated rings. The molecule has 0 aromatic heterocycles. The zero-order chi connectivity index (χ0) is 30.6. The van der Waals surface area contributed by atoms with Crippen molar-refractivity contribution in [1.29, 1.82) is 0 Å². The first-order chi connectivity index (χ1) is 20.1. The van der Waals surface area contributed by atoms with Gasteiger partial charge in [-0.05, 0) is 143 Å². The summed E-state index contributed by atoms with van der Waals surface area (Å²) < 4.78 is 18.9. The van der Waals surface area contributed by atoms with Crippen molar-refractivity contribution in [3.05, 3.63) is 25.7 Å². The van der Waals surface area contributed by atoms with Gasteiger partial charge in [0.25, 0.3) is 0 Å². The van der Waals surface area contributed by atoms with Gasteiger partial charge in [0, 0.05) is 6.61 Å². The second-order valence-electron chi connectivity index (χ2n) is 14.1. The Bertz CT molecular complexity index is 787. The third kappa shape index (κ3) is 11.1. The Morgan fingerprint density at radius 2 is 1.07 bits per heavy atom. The van der Waals surface area contributed by atoms with Gasteiger partial charge in [-0.2, -0.15) is 0 Å². The van der Waals surface area contributed by atoms with E-state index in [1.807, 2.05) is 6.92 Å². The summed E-state index contributed by atoms with van der Waals surface area (Å²) in [6.45, 7) is 13.5. The smallest absolute Gasteiger partial charge is 0.0436 e. The molecule has 7 nitrogen and oxygen atoms in total. The van der Waals surface area contributed by atoms with E-state index in [2.05, 4.69) is 23.2 Å². The topological polar surface area (TPSA) is 91.3 Å². The van der Waals surface area contributed by atoms with Crippen LogP contribution < -0.4 is 0 Å². The van der Waals surface area contributed by atoms with Crippen LogP contribution in [0.5, 0.6) is 0 Å². The number of carbonyl (C=O) groups excluding carboxylic acids is 2. The Morgan fingerprint density at radius 1 is 0.714 bits per heavy atom. The quantitative estimate of drug-likeness (QED) is 0.139. The zero-order valence-corrected chi connectivity index (χ0v) is 32.2. The monoisotopic (exact) mass is 778 g/mol. The minimum absolute atomic E-state index is 0.363. The first-order valence-corrected chi connectivity index (χ1v) is 20.9. The van der Waals surface area contributed by atoms with E-state index in [-0.39, 0.29) is 11.9 Å². The zero-order valence-electron chi connectivity index (χ0n) is 26.7. The van der Waals surface area contributed by atoms with Gasteiger partial charge < -0.3 is 14.6 Å². The van der Waals surface area contributed by atoms with Gasteiger partial charge in [-0.25, -0.2) is 0 Å². The number of aliphatic hydroxyl groups is 1. The van der Waals surface area contributed by atoms with E-state index in [9.17, 15) is 9.59 Å². The summed E-state index contributed by atoms with van der Waals surface area (Å²) in [6, 6.07) is 0. The molecule has 0 aromatic rings. The summed E-state index contributed by atoms with van der Waals surface area (Å²) in [4.78, 5) is 20.1. The molecule has 8 aliphatic carbocycles. The van der Waals surface area contributed by atoms with Gasteiger partial charge in [0.15, 0.2) is 0 Å². The number of hydrogen-bond donors (Lipinski definition) is 1. The molecule has 236 valence electrons. The minimum Gasteiger partial charge on any atom is -0.396 e. The Kier molecular flexibility index (Phi) is 14.7. The van der Waals surface area contributed by atoms with Crippen molar-refractivity contribution in [2.45, 2.75) is 111 Å². The normalized spacial score (nSPS) is 35.4. The van der Waals surface area contributed by atoms with Crippen molar-refractivity contribution in [2.24, 2.45) is 46.3 Å². The summed E-state index contributed by atoms with van der Waals surface area (Å²) >= 11 is -2.04. The molecule has 0 radical (unpaired) electrons. The second kappa shape index (κ2) is 17.4. The van der Waals surface area contributed by atoms with Gasteiger partial charge in [-0.3, -0.25) is 0 Å². The van der Waals surface area contributed by atoms with Crippen LogP contribution >= 0.6 is 0 Å². The summed E-state index contributed by atoms with van der Waals surface area (Å²) in [5.41, 5.74) is 1.28. The van der Waals surface area contributed by atoms with E-state index in [0.717, 1.165) is 55.1 Å². The first kappa shape index (κ1) is 35.4. The van der Waals surface area contributed by atoms with Gasteiger partial charge in [-0.1, -0.05) is 13.2 Å². The Hall–Kier alpha value is -1.08. The van der Waals surface area contributed by atoms with E-state index in [1.165, 1.54) is 84.3 Å². The van der Waals surface area contributed by atoms with Crippen LogP contribution in [0.4, 0.5) is 0 Å². The van der Waals surface area contributed by atoms with Crippen LogP contribution in [0.3, 0.4) is 0 Å². The first-order valence-electron chi connectivity index (χ1n) is 16.5.